The summed E-state index contributed by atoms with van der Waals surface area (Å²) in [6.07, 6.45) is 0.542. The number of hydrogen-bond acceptors (Lipinski definition) is 4. The summed E-state index contributed by atoms with van der Waals surface area (Å²) in [4.78, 5) is 22.4. The minimum Gasteiger partial charge on any atom is -0.489 e. The molecule has 1 heterocycles. The minimum absolute atomic E-state index is 0.0304. The van der Waals surface area contributed by atoms with Crippen molar-refractivity contribution in [1.82, 2.24) is 0 Å². The van der Waals surface area contributed by atoms with Crippen LogP contribution in [0.2, 0.25) is 0 Å². The van der Waals surface area contributed by atoms with Gasteiger partial charge in [-0.15, -0.1) is 0 Å². The SMILES string of the molecule is CCOC(=O)C1=C(CC)OCC1=O. The van der Waals surface area contributed by atoms with E-state index in [-0.39, 0.29) is 24.6 Å². The first-order chi connectivity index (χ1) is 6.20. The van der Waals surface area contributed by atoms with Gasteiger partial charge in [0.2, 0.25) is 5.78 Å². The molecule has 0 saturated heterocycles. The summed E-state index contributed by atoms with van der Waals surface area (Å²) in [6.45, 7) is 3.77. The van der Waals surface area contributed by atoms with Crippen molar-refractivity contribution in [2.75, 3.05) is 13.2 Å². The lowest BCUT2D eigenvalue weighted by molar-refractivity contribution is -0.139. The zero-order valence-electron chi connectivity index (χ0n) is 7.75. The van der Waals surface area contributed by atoms with Crippen molar-refractivity contribution in [3.63, 3.8) is 0 Å². The molecular formula is C9H12O4. The fourth-order valence-electron chi connectivity index (χ4n) is 1.16. The number of allylic oxidation sites excluding steroid dienone is 1. The molecule has 0 N–H and O–H groups in total. The minimum atomic E-state index is -0.568. The molecule has 0 saturated carbocycles. The summed E-state index contributed by atoms with van der Waals surface area (Å²) in [5, 5.41) is 0. The number of carbonyl (C=O) groups is 2. The number of Topliss-reactive ketones (excluding diaryl/α,β-unsaturated/α-hetero) is 1. The van der Waals surface area contributed by atoms with Gasteiger partial charge in [-0.3, -0.25) is 4.79 Å². The Labute approximate surface area is 76.5 Å². The van der Waals surface area contributed by atoms with Gasteiger partial charge >= 0.3 is 5.97 Å². The van der Waals surface area contributed by atoms with E-state index in [1.807, 2.05) is 6.92 Å². The number of ketones is 1. The molecule has 4 heteroatoms. The third kappa shape index (κ3) is 1.88. The smallest absolute Gasteiger partial charge is 0.345 e. The molecule has 1 aliphatic heterocycles. The Hall–Kier alpha value is -1.32. The number of ether oxygens (including phenoxy) is 2. The van der Waals surface area contributed by atoms with Crippen LogP contribution in [0.15, 0.2) is 11.3 Å². The van der Waals surface area contributed by atoms with Gasteiger partial charge < -0.3 is 9.47 Å². The van der Waals surface area contributed by atoms with E-state index < -0.39 is 5.97 Å². The maximum absolute atomic E-state index is 11.2. The Morgan fingerprint density at radius 1 is 1.54 bits per heavy atom. The van der Waals surface area contributed by atoms with Crippen LogP contribution < -0.4 is 0 Å². The standard InChI is InChI=1S/C9H12O4/c1-3-7-8(6(10)5-13-7)9(11)12-4-2/h3-5H2,1-2H3. The monoisotopic (exact) mass is 184 g/mol. The van der Waals surface area contributed by atoms with Crippen molar-refractivity contribution >= 4 is 11.8 Å². The molecule has 0 amide bonds. The Kier molecular flexibility index (Phi) is 3.06. The number of rotatable bonds is 3. The zero-order valence-corrected chi connectivity index (χ0v) is 7.75. The second-order valence-electron chi connectivity index (χ2n) is 2.58. The Morgan fingerprint density at radius 2 is 2.23 bits per heavy atom. The fourth-order valence-corrected chi connectivity index (χ4v) is 1.16. The fraction of sp³-hybridized carbons (Fsp3) is 0.556. The summed E-state index contributed by atoms with van der Waals surface area (Å²) in [6, 6.07) is 0. The second kappa shape index (κ2) is 4.07. The van der Waals surface area contributed by atoms with Crippen molar-refractivity contribution in [1.29, 1.82) is 0 Å². The lowest BCUT2D eigenvalue weighted by atomic mass is 10.1. The molecule has 0 aromatic carbocycles. The summed E-state index contributed by atoms with van der Waals surface area (Å²) in [7, 11) is 0. The van der Waals surface area contributed by atoms with E-state index >= 15 is 0 Å². The molecule has 4 nitrogen and oxygen atoms in total. The quantitative estimate of drug-likeness (QED) is 0.481. The van der Waals surface area contributed by atoms with Gasteiger partial charge in [-0.05, 0) is 6.92 Å². The van der Waals surface area contributed by atoms with Gasteiger partial charge in [0, 0.05) is 6.42 Å². The van der Waals surface area contributed by atoms with E-state index in [1.54, 1.807) is 6.92 Å². The maximum atomic E-state index is 11.2. The van der Waals surface area contributed by atoms with Crippen LogP contribution >= 0.6 is 0 Å². The van der Waals surface area contributed by atoms with Crippen LogP contribution in [0.3, 0.4) is 0 Å². The molecule has 0 radical (unpaired) electrons. The highest BCUT2D eigenvalue weighted by molar-refractivity contribution is 6.19. The van der Waals surface area contributed by atoms with E-state index in [4.69, 9.17) is 9.47 Å². The molecule has 0 spiro atoms. The van der Waals surface area contributed by atoms with Gasteiger partial charge in [-0.2, -0.15) is 0 Å². The Bertz CT molecular complexity index is 265. The summed E-state index contributed by atoms with van der Waals surface area (Å²) < 4.78 is 9.75. The van der Waals surface area contributed by atoms with Crippen LogP contribution in [0.25, 0.3) is 0 Å². The van der Waals surface area contributed by atoms with Gasteiger partial charge in [0.15, 0.2) is 6.61 Å². The van der Waals surface area contributed by atoms with Gasteiger partial charge in [-0.1, -0.05) is 6.92 Å². The average Bonchev–Trinajstić information content (AvgIpc) is 2.47. The van der Waals surface area contributed by atoms with E-state index in [1.165, 1.54) is 0 Å². The Balaban J connectivity index is 2.84. The number of esters is 1. The molecule has 0 aromatic rings. The summed E-state index contributed by atoms with van der Waals surface area (Å²) in [5.41, 5.74) is 0.0874. The zero-order chi connectivity index (χ0) is 9.84. The van der Waals surface area contributed by atoms with Crippen LogP contribution in [-0.4, -0.2) is 25.0 Å². The van der Waals surface area contributed by atoms with E-state index in [9.17, 15) is 9.59 Å². The van der Waals surface area contributed by atoms with Crippen LogP contribution in [0.4, 0.5) is 0 Å². The molecule has 13 heavy (non-hydrogen) atoms. The molecule has 0 fully saturated rings. The van der Waals surface area contributed by atoms with E-state index in [0.29, 0.717) is 12.2 Å². The second-order valence-corrected chi connectivity index (χ2v) is 2.58. The summed E-state index contributed by atoms with van der Waals surface area (Å²) in [5.74, 6) is -0.402. The van der Waals surface area contributed by atoms with Crippen molar-refractivity contribution in [2.24, 2.45) is 0 Å². The first kappa shape index (κ1) is 9.77. The first-order valence-corrected chi connectivity index (χ1v) is 4.27. The lowest BCUT2D eigenvalue weighted by Gasteiger charge is -2.01. The molecule has 0 aliphatic carbocycles. The highest BCUT2D eigenvalue weighted by Gasteiger charge is 2.30. The van der Waals surface area contributed by atoms with Gasteiger partial charge in [0.05, 0.1) is 6.61 Å². The van der Waals surface area contributed by atoms with Crippen molar-refractivity contribution in [3.05, 3.63) is 11.3 Å². The van der Waals surface area contributed by atoms with Crippen LogP contribution in [0.1, 0.15) is 20.3 Å². The van der Waals surface area contributed by atoms with Gasteiger partial charge in [-0.25, -0.2) is 4.79 Å². The number of hydrogen-bond donors (Lipinski definition) is 0. The van der Waals surface area contributed by atoms with Crippen molar-refractivity contribution in [2.45, 2.75) is 20.3 Å². The van der Waals surface area contributed by atoms with Crippen molar-refractivity contribution in [3.8, 4) is 0 Å². The lowest BCUT2D eigenvalue weighted by Crippen LogP contribution is -2.14. The highest BCUT2D eigenvalue weighted by Crippen LogP contribution is 2.19. The first-order valence-electron chi connectivity index (χ1n) is 4.27. The third-order valence-corrected chi connectivity index (χ3v) is 1.74. The van der Waals surface area contributed by atoms with Crippen LogP contribution in [-0.2, 0) is 19.1 Å². The maximum Gasteiger partial charge on any atom is 0.345 e. The molecule has 0 aromatic heterocycles. The topological polar surface area (TPSA) is 52.6 Å². The molecule has 1 aliphatic rings. The summed E-state index contributed by atoms with van der Waals surface area (Å²) >= 11 is 0. The molecule has 0 unspecified atom stereocenters. The number of carbonyl (C=O) groups excluding carboxylic acids is 2. The van der Waals surface area contributed by atoms with E-state index in [2.05, 4.69) is 0 Å². The van der Waals surface area contributed by atoms with E-state index in [0.717, 1.165) is 0 Å². The third-order valence-electron chi connectivity index (χ3n) is 1.74. The molecule has 1 rings (SSSR count). The molecule has 72 valence electrons. The van der Waals surface area contributed by atoms with Gasteiger partial charge in [0.25, 0.3) is 0 Å². The van der Waals surface area contributed by atoms with Crippen molar-refractivity contribution < 1.29 is 19.1 Å². The van der Waals surface area contributed by atoms with Crippen LogP contribution in [0, 0.1) is 0 Å². The Morgan fingerprint density at radius 3 is 2.77 bits per heavy atom. The largest absolute Gasteiger partial charge is 0.489 e. The highest BCUT2D eigenvalue weighted by atomic mass is 16.5. The molecule has 0 atom stereocenters. The normalized spacial score (nSPS) is 16.0. The predicted molar refractivity (Wildman–Crippen MR) is 44.9 cm³/mol. The van der Waals surface area contributed by atoms with Crippen LogP contribution in [0.5, 0.6) is 0 Å². The molecular weight excluding hydrogens is 172 g/mol. The average molecular weight is 184 g/mol. The predicted octanol–water partition coefficient (Wildman–Crippen LogP) is 0.813. The molecule has 0 bridgehead atoms. The van der Waals surface area contributed by atoms with Gasteiger partial charge in [0.1, 0.15) is 11.3 Å².